The van der Waals surface area contributed by atoms with E-state index in [0.29, 0.717) is 0 Å². The number of hydrogen-bond donors (Lipinski definition) is 1. The number of hydrogen-bond acceptors (Lipinski definition) is 2. The molecule has 2 aromatic rings. The zero-order valence-corrected chi connectivity index (χ0v) is 14.1. The smallest absolute Gasteiger partial charge is 0.205 e. The van der Waals surface area contributed by atoms with Crippen LogP contribution in [0.4, 0.5) is 13.2 Å². The second-order valence-corrected chi connectivity index (χ2v) is 6.24. The molecule has 23 heavy (non-hydrogen) atoms. The molecule has 0 amide bonds. The van der Waals surface area contributed by atoms with E-state index >= 15 is 0 Å². The van der Waals surface area contributed by atoms with Gasteiger partial charge in [-0.25, -0.2) is 13.0 Å². The van der Waals surface area contributed by atoms with E-state index < -0.39 is 44.5 Å². The lowest BCUT2D eigenvalue weighted by Gasteiger charge is -2.13. The summed E-state index contributed by atoms with van der Waals surface area (Å²) in [5, 5.41) is -0.553. The van der Waals surface area contributed by atoms with Crippen LogP contribution in [0.2, 0.25) is 0 Å². The molecule has 1 N–H and O–H groups in total. The van der Waals surface area contributed by atoms with Gasteiger partial charge in [-0.05, 0) is 24.1 Å². The molecule has 2 atom stereocenters. The molecule has 124 valence electrons. The second-order valence-electron chi connectivity index (χ2n) is 4.76. The highest BCUT2D eigenvalue weighted by atomic mass is 32.2. The first-order valence-corrected chi connectivity index (χ1v) is 8.38. The molecule has 0 saturated carbocycles. The van der Waals surface area contributed by atoms with Crippen molar-refractivity contribution in [3.63, 3.8) is 0 Å². The molecule has 0 radical (unpaired) electrons. The number of ether oxygens (including phenoxy) is 1. The lowest BCUT2D eigenvalue weighted by Crippen LogP contribution is -2.15. The van der Waals surface area contributed by atoms with Gasteiger partial charge in [0.25, 0.3) is 0 Å². The van der Waals surface area contributed by atoms with Crippen molar-refractivity contribution in [1.82, 2.24) is 0 Å². The molecule has 8 heteroatoms. The van der Waals surface area contributed by atoms with Gasteiger partial charge in [0.2, 0.25) is 11.6 Å². The average Bonchev–Trinajstić information content (AvgIpc) is 2.51. The van der Waals surface area contributed by atoms with Crippen LogP contribution in [0.1, 0.15) is 18.9 Å². The number of benzene rings is 2. The maximum Gasteiger partial charge on any atom is 0.205 e. The zero-order valence-electron chi connectivity index (χ0n) is 12.1. The van der Waals surface area contributed by atoms with Crippen molar-refractivity contribution in [2.24, 2.45) is 0 Å². The molecule has 3 nitrogen and oxygen atoms in total. The maximum atomic E-state index is 14.2. The van der Waals surface area contributed by atoms with Crippen LogP contribution >= 0.6 is 9.24 Å². The van der Waals surface area contributed by atoms with Gasteiger partial charge in [-0.15, -0.1) is 9.24 Å². The lowest BCUT2D eigenvalue weighted by atomic mass is 10.1. The SMILES string of the molecule is CCCc1ccc(Oc2c(F)c(F)c(S(=O)O)c(P)c2F)cc1. The Balaban J connectivity index is 2.42. The van der Waals surface area contributed by atoms with Crippen molar-refractivity contribution in [3.8, 4) is 11.5 Å². The van der Waals surface area contributed by atoms with Gasteiger partial charge in [-0.2, -0.15) is 4.39 Å². The summed E-state index contributed by atoms with van der Waals surface area (Å²) >= 11 is -2.86. The van der Waals surface area contributed by atoms with Crippen molar-refractivity contribution >= 4 is 25.6 Å². The van der Waals surface area contributed by atoms with Crippen molar-refractivity contribution in [2.75, 3.05) is 0 Å². The van der Waals surface area contributed by atoms with E-state index in [4.69, 9.17) is 9.29 Å². The van der Waals surface area contributed by atoms with Crippen molar-refractivity contribution in [1.29, 1.82) is 0 Å². The fourth-order valence-electron chi connectivity index (χ4n) is 2.03. The van der Waals surface area contributed by atoms with Crippen LogP contribution < -0.4 is 10.0 Å². The highest BCUT2D eigenvalue weighted by Crippen LogP contribution is 2.32. The molecular formula is C15H14F3O3PS. The minimum atomic E-state index is -2.86. The Kier molecular flexibility index (Phi) is 5.79. The highest BCUT2D eigenvalue weighted by molar-refractivity contribution is 7.79. The highest BCUT2D eigenvalue weighted by Gasteiger charge is 2.27. The van der Waals surface area contributed by atoms with Crippen LogP contribution in [0.3, 0.4) is 0 Å². The van der Waals surface area contributed by atoms with Gasteiger partial charge in [-0.3, -0.25) is 0 Å². The number of aryl methyl sites for hydroxylation is 1. The minimum Gasteiger partial charge on any atom is -0.451 e. The number of halogens is 3. The van der Waals surface area contributed by atoms with Gasteiger partial charge in [-0.1, -0.05) is 25.5 Å². The molecular weight excluding hydrogens is 348 g/mol. The molecule has 2 aromatic carbocycles. The summed E-state index contributed by atoms with van der Waals surface area (Å²) in [5.41, 5.74) is 1.03. The third-order valence-corrected chi connectivity index (χ3v) is 4.63. The summed E-state index contributed by atoms with van der Waals surface area (Å²) in [7, 11) is 1.78. The van der Waals surface area contributed by atoms with Gasteiger partial charge in [0, 0.05) is 5.30 Å². The molecule has 0 aliphatic carbocycles. The number of rotatable bonds is 5. The van der Waals surface area contributed by atoms with Gasteiger partial charge < -0.3 is 9.29 Å². The van der Waals surface area contributed by atoms with E-state index in [0.717, 1.165) is 18.4 Å². The third-order valence-electron chi connectivity index (χ3n) is 3.13. The Labute approximate surface area is 136 Å². The summed E-state index contributed by atoms with van der Waals surface area (Å²) in [6.07, 6.45) is 1.80. The van der Waals surface area contributed by atoms with Gasteiger partial charge in [0.1, 0.15) is 10.6 Å². The fraction of sp³-hybridized carbons (Fsp3) is 0.200. The monoisotopic (exact) mass is 362 g/mol. The first kappa shape index (κ1) is 17.9. The lowest BCUT2D eigenvalue weighted by molar-refractivity contribution is 0.381. The molecule has 0 fully saturated rings. The molecule has 0 saturated heterocycles. The van der Waals surface area contributed by atoms with Crippen molar-refractivity contribution in [2.45, 2.75) is 24.7 Å². The third kappa shape index (κ3) is 3.74. The molecule has 0 bridgehead atoms. The Morgan fingerprint density at radius 3 is 2.26 bits per heavy atom. The standard InChI is InChI=1S/C15H14F3O3PS/c1-2-3-8-4-6-9(7-5-8)21-13-10(16)11(17)15(23(19)20)14(22)12(13)18/h4-7H,2-3,22H2,1H3,(H,19,20). The molecule has 0 aliphatic heterocycles. The van der Waals surface area contributed by atoms with E-state index in [9.17, 15) is 17.4 Å². The summed E-state index contributed by atoms with van der Waals surface area (Å²) in [6.45, 7) is 2.02. The second kappa shape index (κ2) is 7.43. The average molecular weight is 362 g/mol. The maximum absolute atomic E-state index is 14.2. The molecule has 0 heterocycles. The normalized spacial score (nSPS) is 12.3. The van der Waals surface area contributed by atoms with Crippen molar-refractivity contribution < 1.29 is 26.7 Å². The summed E-state index contributed by atoms with van der Waals surface area (Å²) in [4.78, 5) is -0.962. The summed E-state index contributed by atoms with van der Waals surface area (Å²) in [5.74, 6) is -5.34. The van der Waals surface area contributed by atoms with Crippen LogP contribution in [-0.4, -0.2) is 8.76 Å². The minimum absolute atomic E-state index is 0.129. The molecule has 0 aromatic heterocycles. The van der Waals surface area contributed by atoms with Crippen LogP contribution in [0.25, 0.3) is 0 Å². The van der Waals surface area contributed by atoms with Crippen LogP contribution in [-0.2, 0) is 17.5 Å². The summed E-state index contributed by atoms with van der Waals surface area (Å²) in [6, 6.07) is 6.51. The van der Waals surface area contributed by atoms with E-state index in [2.05, 4.69) is 0 Å². The molecule has 2 unspecified atom stereocenters. The Morgan fingerprint density at radius 1 is 1.13 bits per heavy atom. The first-order chi connectivity index (χ1) is 10.9. The van der Waals surface area contributed by atoms with Crippen LogP contribution in [0, 0.1) is 17.5 Å². The van der Waals surface area contributed by atoms with Gasteiger partial charge in [0.15, 0.2) is 22.7 Å². The van der Waals surface area contributed by atoms with Crippen LogP contribution in [0.5, 0.6) is 11.5 Å². The molecule has 2 rings (SSSR count). The Hall–Kier alpha value is -1.43. The van der Waals surface area contributed by atoms with E-state index in [1.54, 1.807) is 21.4 Å². The van der Waals surface area contributed by atoms with Gasteiger partial charge >= 0.3 is 0 Å². The predicted molar refractivity (Wildman–Crippen MR) is 85.2 cm³/mol. The zero-order chi connectivity index (χ0) is 17.1. The van der Waals surface area contributed by atoms with Crippen LogP contribution in [0.15, 0.2) is 29.2 Å². The largest absolute Gasteiger partial charge is 0.451 e. The van der Waals surface area contributed by atoms with Gasteiger partial charge in [0.05, 0.1) is 0 Å². The van der Waals surface area contributed by atoms with E-state index in [1.807, 2.05) is 6.92 Å². The Bertz CT molecular complexity index is 722. The first-order valence-electron chi connectivity index (χ1n) is 6.70. The van der Waals surface area contributed by atoms with E-state index in [1.165, 1.54) is 12.1 Å². The topological polar surface area (TPSA) is 46.5 Å². The predicted octanol–water partition coefficient (Wildman–Crippen LogP) is 3.93. The molecule has 0 spiro atoms. The van der Waals surface area contributed by atoms with E-state index in [-0.39, 0.29) is 5.75 Å². The summed E-state index contributed by atoms with van der Waals surface area (Å²) < 4.78 is 67.0. The quantitative estimate of drug-likeness (QED) is 0.498. The fourth-order valence-corrected chi connectivity index (χ4v) is 3.11. The molecule has 0 aliphatic rings. The Morgan fingerprint density at radius 2 is 1.74 bits per heavy atom. The van der Waals surface area contributed by atoms with Crippen molar-refractivity contribution in [3.05, 3.63) is 47.3 Å².